The van der Waals surface area contributed by atoms with Crippen molar-refractivity contribution in [3.63, 3.8) is 0 Å². The normalized spacial score (nSPS) is 10.2. The Balaban J connectivity index is 1.71. The van der Waals surface area contributed by atoms with Gasteiger partial charge in [-0.3, -0.25) is 25.8 Å². The molecule has 0 saturated heterocycles. The first kappa shape index (κ1) is 25.3. The van der Waals surface area contributed by atoms with E-state index < -0.39 is 17.8 Å². The van der Waals surface area contributed by atoms with Crippen LogP contribution in [-0.4, -0.2) is 43.2 Å². The highest BCUT2D eigenvalue weighted by atomic mass is 32.1. The lowest BCUT2D eigenvalue weighted by atomic mass is 10.2. The highest BCUT2D eigenvalue weighted by Gasteiger charge is 2.08. The molecule has 0 aliphatic carbocycles. The first-order valence-corrected chi connectivity index (χ1v) is 10.4. The highest BCUT2D eigenvalue weighted by molar-refractivity contribution is 7.80. The average Bonchev–Trinajstić information content (AvgIpc) is 2.83. The van der Waals surface area contributed by atoms with Crippen molar-refractivity contribution in [2.75, 3.05) is 20.3 Å². The van der Waals surface area contributed by atoms with Crippen LogP contribution in [0.3, 0.4) is 0 Å². The van der Waals surface area contributed by atoms with Crippen molar-refractivity contribution in [3.8, 4) is 11.5 Å². The van der Waals surface area contributed by atoms with E-state index in [9.17, 15) is 14.4 Å². The summed E-state index contributed by atoms with van der Waals surface area (Å²) in [6.07, 6.45) is 3.61. The van der Waals surface area contributed by atoms with Crippen LogP contribution in [0.2, 0.25) is 0 Å². The topological polar surface area (TPSA) is 115 Å². The zero-order valence-electron chi connectivity index (χ0n) is 18.3. The van der Waals surface area contributed by atoms with Gasteiger partial charge in [-0.1, -0.05) is 25.1 Å². The number of thiocarbonyl (C=S) groups is 1. The number of hydrogen-bond donors (Lipinski definition) is 3. The van der Waals surface area contributed by atoms with Crippen LogP contribution in [0.25, 0.3) is 6.08 Å². The number of amides is 2. The van der Waals surface area contributed by atoms with Crippen molar-refractivity contribution in [2.45, 2.75) is 13.3 Å². The molecule has 0 unspecified atom stereocenters. The Bertz CT molecular complexity index is 1010. The molecule has 0 heterocycles. The average molecular weight is 472 g/mol. The lowest BCUT2D eigenvalue weighted by Gasteiger charge is -2.11. The van der Waals surface area contributed by atoms with E-state index in [1.54, 1.807) is 42.5 Å². The fourth-order valence-corrected chi connectivity index (χ4v) is 2.58. The van der Waals surface area contributed by atoms with Crippen LogP contribution >= 0.6 is 12.2 Å². The molecule has 2 aromatic carbocycles. The summed E-state index contributed by atoms with van der Waals surface area (Å²) in [4.78, 5) is 35.6. The maximum atomic E-state index is 12.0. The monoisotopic (exact) mass is 471 g/mol. The molecular formula is C23H25N3O6S. The molecular weight excluding hydrogens is 446 g/mol. The molecule has 0 aromatic heterocycles. The fraction of sp³-hybridized carbons (Fsp3) is 0.217. The zero-order chi connectivity index (χ0) is 24.1. The van der Waals surface area contributed by atoms with E-state index >= 15 is 0 Å². The van der Waals surface area contributed by atoms with E-state index in [-0.39, 0.29) is 11.7 Å². The summed E-state index contributed by atoms with van der Waals surface area (Å²) in [5.41, 5.74) is 5.85. The smallest absolute Gasteiger partial charge is 0.338 e. The van der Waals surface area contributed by atoms with Gasteiger partial charge in [-0.05, 0) is 55.0 Å². The Kier molecular flexibility index (Phi) is 10.4. The third-order valence-corrected chi connectivity index (χ3v) is 4.21. The number of benzene rings is 2. The number of hydrazine groups is 1. The lowest BCUT2D eigenvalue weighted by molar-refractivity contribution is -0.123. The summed E-state index contributed by atoms with van der Waals surface area (Å²) in [5, 5.41) is 2.31. The van der Waals surface area contributed by atoms with Crippen molar-refractivity contribution in [1.82, 2.24) is 16.2 Å². The molecule has 0 atom stereocenters. The molecule has 174 valence electrons. The molecule has 2 amide bonds. The standard InChI is InChI=1S/C23H25N3O6S/c1-3-14-31-22(29)17-8-11-18(12-9-17)32-15-21(28)25-26-23(33)24-20(27)13-10-16-6-4-5-7-19(16)30-2/h4-13H,3,14-15H2,1-2H3,(H,25,28)(H2,24,26,27,33)/b13-10+. The second kappa shape index (κ2) is 13.5. The van der Waals surface area contributed by atoms with Crippen molar-refractivity contribution < 1.29 is 28.6 Å². The predicted molar refractivity (Wildman–Crippen MR) is 127 cm³/mol. The van der Waals surface area contributed by atoms with Crippen LogP contribution in [0.4, 0.5) is 0 Å². The van der Waals surface area contributed by atoms with E-state index in [2.05, 4.69) is 16.2 Å². The third-order valence-electron chi connectivity index (χ3n) is 4.00. The molecule has 33 heavy (non-hydrogen) atoms. The number of para-hydroxylation sites is 1. The molecule has 0 fully saturated rings. The Morgan fingerprint density at radius 2 is 1.76 bits per heavy atom. The second-order valence-electron chi connectivity index (χ2n) is 6.52. The van der Waals surface area contributed by atoms with E-state index in [1.807, 2.05) is 19.1 Å². The van der Waals surface area contributed by atoms with Crippen LogP contribution in [0.15, 0.2) is 54.6 Å². The van der Waals surface area contributed by atoms with Gasteiger partial charge in [-0.15, -0.1) is 0 Å². The second-order valence-corrected chi connectivity index (χ2v) is 6.92. The summed E-state index contributed by atoms with van der Waals surface area (Å²) < 4.78 is 15.6. The molecule has 0 bridgehead atoms. The van der Waals surface area contributed by atoms with Gasteiger partial charge in [-0.2, -0.15) is 0 Å². The van der Waals surface area contributed by atoms with Gasteiger partial charge in [0.05, 0.1) is 19.3 Å². The van der Waals surface area contributed by atoms with Gasteiger partial charge in [0.25, 0.3) is 5.91 Å². The number of carbonyl (C=O) groups excluding carboxylic acids is 3. The highest BCUT2D eigenvalue weighted by Crippen LogP contribution is 2.18. The SMILES string of the molecule is CCCOC(=O)c1ccc(OCC(=O)NNC(=S)NC(=O)/C=C/c2ccccc2OC)cc1. The Morgan fingerprint density at radius 3 is 2.45 bits per heavy atom. The Labute approximate surface area is 197 Å². The molecule has 0 aliphatic heterocycles. The summed E-state index contributed by atoms with van der Waals surface area (Å²) in [7, 11) is 1.54. The minimum Gasteiger partial charge on any atom is -0.496 e. The minimum absolute atomic E-state index is 0.0898. The third kappa shape index (κ3) is 8.99. The molecule has 0 radical (unpaired) electrons. The molecule has 2 aromatic rings. The Hall–Kier alpha value is -3.92. The van der Waals surface area contributed by atoms with Crippen LogP contribution < -0.4 is 25.6 Å². The molecule has 2 rings (SSSR count). The quantitative estimate of drug-likeness (QED) is 0.221. The van der Waals surface area contributed by atoms with Crippen LogP contribution in [0.5, 0.6) is 11.5 Å². The molecule has 0 saturated carbocycles. The van der Waals surface area contributed by atoms with Gasteiger partial charge in [0.1, 0.15) is 11.5 Å². The van der Waals surface area contributed by atoms with Gasteiger partial charge in [0, 0.05) is 11.6 Å². The van der Waals surface area contributed by atoms with Gasteiger partial charge in [0.2, 0.25) is 5.91 Å². The van der Waals surface area contributed by atoms with Crippen LogP contribution in [-0.2, 0) is 14.3 Å². The molecule has 3 N–H and O–H groups in total. The lowest BCUT2D eigenvalue weighted by Crippen LogP contribution is -2.49. The zero-order valence-corrected chi connectivity index (χ0v) is 19.1. The summed E-state index contributed by atoms with van der Waals surface area (Å²) in [6, 6.07) is 13.4. The van der Waals surface area contributed by atoms with E-state index in [0.717, 1.165) is 12.0 Å². The van der Waals surface area contributed by atoms with Crippen molar-refractivity contribution in [2.24, 2.45) is 0 Å². The van der Waals surface area contributed by atoms with Crippen LogP contribution in [0, 0.1) is 0 Å². The van der Waals surface area contributed by atoms with Crippen molar-refractivity contribution in [3.05, 3.63) is 65.7 Å². The van der Waals surface area contributed by atoms with Gasteiger partial charge >= 0.3 is 5.97 Å². The number of ether oxygens (including phenoxy) is 3. The Morgan fingerprint density at radius 1 is 1.03 bits per heavy atom. The van der Waals surface area contributed by atoms with Gasteiger partial charge in [0.15, 0.2) is 11.7 Å². The van der Waals surface area contributed by atoms with Gasteiger partial charge < -0.3 is 14.2 Å². The number of methoxy groups -OCH3 is 1. The van der Waals surface area contributed by atoms with Crippen molar-refractivity contribution in [1.29, 1.82) is 0 Å². The van der Waals surface area contributed by atoms with E-state index in [1.165, 1.54) is 13.2 Å². The molecule has 0 spiro atoms. The molecule has 10 heteroatoms. The summed E-state index contributed by atoms with van der Waals surface area (Å²) in [5.74, 6) is -0.405. The van der Waals surface area contributed by atoms with E-state index in [0.29, 0.717) is 23.7 Å². The maximum Gasteiger partial charge on any atom is 0.338 e. The van der Waals surface area contributed by atoms with Crippen molar-refractivity contribution >= 4 is 41.2 Å². The van der Waals surface area contributed by atoms with Crippen LogP contribution in [0.1, 0.15) is 29.3 Å². The fourth-order valence-electron chi connectivity index (χ4n) is 2.43. The molecule has 9 nitrogen and oxygen atoms in total. The predicted octanol–water partition coefficient (Wildman–Crippen LogP) is 2.38. The first-order chi connectivity index (χ1) is 15.9. The minimum atomic E-state index is -0.525. The maximum absolute atomic E-state index is 12.0. The number of esters is 1. The van der Waals surface area contributed by atoms with E-state index in [4.69, 9.17) is 26.4 Å². The van der Waals surface area contributed by atoms with Gasteiger partial charge in [-0.25, -0.2) is 4.79 Å². The summed E-state index contributed by atoms with van der Waals surface area (Å²) in [6.45, 7) is 1.95. The number of rotatable bonds is 9. The number of carbonyl (C=O) groups is 3. The largest absolute Gasteiger partial charge is 0.496 e. The summed E-state index contributed by atoms with van der Waals surface area (Å²) >= 11 is 4.97. The number of hydrogen-bond acceptors (Lipinski definition) is 7. The molecule has 0 aliphatic rings. The number of nitrogens with one attached hydrogen (secondary N) is 3. The first-order valence-electron chi connectivity index (χ1n) is 10.0.